The molecule has 0 aliphatic heterocycles. The summed E-state index contributed by atoms with van der Waals surface area (Å²) in [6, 6.07) is 0. The van der Waals surface area contributed by atoms with E-state index < -0.39 is 12.0 Å². The van der Waals surface area contributed by atoms with Gasteiger partial charge in [-0.25, -0.2) is 4.79 Å². The highest BCUT2D eigenvalue weighted by atomic mass is 16.4. The van der Waals surface area contributed by atoms with Crippen molar-refractivity contribution in [3.05, 3.63) is 12.2 Å². The molecule has 0 aromatic rings. The summed E-state index contributed by atoms with van der Waals surface area (Å²) in [5, 5.41) is 7.19. The zero-order valence-electron chi connectivity index (χ0n) is 5.63. The van der Waals surface area contributed by atoms with Crippen molar-refractivity contribution in [1.82, 2.24) is 0 Å². The van der Waals surface area contributed by atoms with E-state index in [4.69, 9.17) is 15.6 Å². The van der Waals surface area contributed by atoms with Gasteiger partial charge in [0.05, 0.1) is 0 Å². The average molecular weight is 146 g/mol. The Hall–Kier alpha value is -1.52. The first kappa shape index (κ1) is 11.3. The van der Waals surface area contributed by atoms with Crippen molar-refractivity contribution in [2.75, 3.05) is 0 Å². The minimum atomic E-state index is -1.33. The first-order valence-electron chi connectivity index (χ1n) is 2.31. The van der Waals surface area contributed by atoms with Gasteiger partial charge in [0, 0.05) is 5.57 Å². The SMILES string of the molecule is C=C(C)C(N)=O.NC(=O)O. The molecule has 5 nitrogen and oxygen atoms in total. The number of primary amides is 2. The maximum absolute atomic E-state index is 9.82. The lowest BCUT2D eigenvalue weighted by Gasteiger charge is -1.81. The molecule has 5 heteroatoms. The van der Waals surface area contributed by atoms with E-state index in [1.807, 2.05) is 0 Å². The van der Waals surface area contributed by atoms with E-state index >= 15 is 0 Å². The highest BCUT2D eigenvalue weighted by Crippen LogP contribution is 1.78. The molecule has 0 aliphatic rings. The Morgan fingerprint density at radius 3 is 1.50 bits per heavy atom. The third-order valence-corrected chi connectivity index (χ3v) is 0.421. The maximum Gasteiger partial charge on any atom is 0.402 e. The monoisotopic (exact) mass is 146 g/mol. The molecule has 0 aromatic heterocycles. The summed E-state index contributed by atoms with van der Waals surface area (Å²) < 4.78 is 0. The van der Waals surface area contributed by atoms with E-state index in [1.165, 1.54) is 0 Å². The van der Waals surface area contributed by atoms with Gasteiger partial charge in [-0.1, -0.05) is 6.58 Å². The molecule has 0 radical (unpaired) electrons. The van der Waals surface area contributed by atoms with Gasteiger partial charge >= 0.3 is 6.09 Å². The zero-order valence-corrected chi connectivity index (χ0v) is 5.63. The fraction of sp³-hybridized carbons (Fsp3) is 0.200. The number of hydrogen-bond donors (Lipinski definition) is 3. The van der Waals surface area contributed by atoms with E-state index in [9.17, 15) is 4.79 Å². The fourth-order valence-corrected chi connectivity index (χ4v) is 0. The molecule has 0 atom stereocenters. The predicted molar refractivity (Wildman–Crippen MR) is 36.2 cm³/mol. The third-order valence-electron chi connectivity index (χ3n) is 0.421. The molecule has 0 unspecified atom stereocenters. The highest BCUT2D eigenvalue weighted by Gasteiger charge is 1.86. The molecule has 0 saturated carbocycles. The van der Waals surface area contributed by atoms with E-state index in [-0.39, 0.29) is 0 Å². The number of rotatable bonds is 1. The second-order valence-corrected chi connectivity index (χ2v) is 1.48. The van der Waals surface area contributed by atoms with Crippen molar-refractivity contribution >= 4 is 12.0 Å². The standard InChI is InChI=1S/C4H7NO.CH3NO2/c1-3(2)4(5)6;2-1(3)4/h1H2,2H3,(H2,5,6);2H2,(H,3,4). The number of carbonyl (C=O) groups excluding carboxylic acids is 1. The molecular formula is C5H10N2O3. The fourth-order valence-electron chi connectivity index (χ4n) is 0. The lowest BCUT2D eigenvalue weighted by molar-refractivity contribution is -0.114. The van der Waals surface area contributed by atoms with Crippen molar-refractivity contribution in [1.29, 1.82) is 0 Å². The summed E-state index contributed by atoms with van der Waals surface area (Å²) in [4.78, 5) is 18.6. The molecule has 5 N–H and O–H groups in total. The van der Waals surface area contributed by atoms with Crippen molar-refractivity contribution in [2.24, 2.45) is 11.5 Å². The quantitative estimate of drug-likeness (QED) is 0.441. The Kier molecular flexibility index (Phi) is 6.34. The van der Waals surface area contributed by atoms with Crippen molar-refractivity contribution in [2.45, 2.75) is 6.92 Å². The predicted octanol–water partition coefficient (Wildman–Crippen LogP) is -0.329. The van der Waals surface area contributed by atoms with Crippen LogP contribution in [0.1, 0.15) is 6.92 Å². The first-order chi connectivity index (χ1) is 4.37. The van der Waals surface area contributed by atoms with Gasteiger partial charge in [0.15, 0.2) is 0 Å². The van der Waals surface area contributed by atoms with Crippen LogP contribution in [0.25, 0.3) is 0 Å². The van der Waals surface area contributed by atoms with Gasteiger partial charge in [-0.2, -0.15) is 0 Å². The van der Waals surface area contributed by atoms with Gasteiger partial charge < -0.3 is 16.6 Å². The molecule has 0 aromatic carbocycles. The van der Waals surface area contributed by atoms with Gasteiger partial charge in [0.2, 0.25) is 5.91 Å². The van der Waals surface area contributed by atoms with Gasteiger partial charge in [0.25, 0.3) is 0 Å². The molecule has 0 fully saturated rings. The molecule has 58 valence electrons. The Morgan fingerprint density at radius 2 is 1.50 bits per heavy atom. The van der Waals surface area contributed by atoms with Crippen molar-refractivity contribution < 1.29 is 14.7 Å². The molecule has 0 saturated heterocycles. The van der Waals surface area contributed by atoms with Crippen molar-refractivity contribution in [3.63, 3.8) is 0 Å². The number of carboxylic acid groups (broad SMARTS) is 1. The van der Waals surface area contributed by atoms with E-state index in [1.54, 1.807) is 6.92 Å². The minimum absolute atomic E-state index is 0.398. The smallest absolute Gasteiger partial charge is 0.402 e. The summed E-state index contributed by atoms with van der Waals surface area (Å²) in [7, 11) is 0. The summed E-state index contributed by atoms with van der Waals surface area (Å²) in [5.74, 6) is -0.435. The molecule has 0 bridgehead atoms. The molecule has 2 amide bonds. The summed E-state index contributed by atoms with van der Waals surface area (Å²) in [5.41, 5.74) is 9.12. The summed E-state index contributed by atoms with van der Waals surface area (Å²) in [6.07, 6.45) is -1.33. The zero-order chi connectivity index (χ0) is 8.73. The van der Waals surface area contributed by atoms with Crippen LogP contribution in [0.4, 0.5) is 4.79 Å². The van der Waals surface area contributed by atoms with Crippen LogP contribution >= 0.6 is 0 Å². The Bertz CT molecular complexity index is 137. The largest absolute Gasteiger partial charge is 0.465 e. The molecule has 10 heavy (non-hydrogen) atoms. The normalized spacial score (nSPS) is 6.90. The van der Waals surface area contributed by atoms with E-state index in [2.05, 4.69) is 12.3 Å². The van der Waals surface area contributed by atoms with Crippen LogP contribution < -0.4 is 11.5 Å². The lowest BCUT2D eigenvalue weighted by Crippen LogP contribution is -2.10. The summed E-state index contributed by atoms with van der Waals surface area (Å²) in [6.45, 7) is 4.85. The van der Waals surface area contributed by atoms with Crippen LogP contribution in [0.3, 0.4) is 0 Å². The highest BCUT2D eigenvalue weighted by molar-refractivity contribution is 5.90. The van der Waals surface area contributed by atoms with Crippen molar-refractivity contribution in [3.8, 4) is 0 Å². The molecule has 0 heterocycles. The summed E-state index contributed by atoms with van der Waals surface area (Å²) >= 11 is 0. The Morgan fingerprint density at radius 1 is 1.40 bits per heavy atom. The Balaban J connectivity index is 0. The average Bonchev–Trinajstić information content (AvgIpc) is 1.63. The maximum atomic E-state index is 9.82. The molecular weight excluding hydrogens is 136 g/mol. The molecule has 0 spiro atoms. The number of hydrogen-bond acceptors (Lipinski definition) is 2. The van der Waals surface area contributed by atoms with Crippen LogP contribution in [0.5, 0.6) is 0 Å². The second-order valence-electron chi connectivity index (χ2n) is 1.48. The van der Waals surface area contributed by atoms with Crippen LogP contribution in [-0.2, 0) is 4.79 Å². The Labute approximate surface area is 58.3 Å². The lowest BCUT2D eigenvalue weighted by atomic mass is 10.3. The first-order valence-corrected chi connectivity index (χ1v) is 2.31. The number of amides is 2. The second kappa shape index (κ2) is 5.61. The van der Waals surface area contributed by atoms with Crippen LogP contribution in [0, 0.1) is 0 Å². The van der Waals surface area contributed by atoms with Gasteiger partial charge in [-0.15, -0.1) is 0 Å². The molecule has 0 aliphatic carbocycles. The van der Waals surface area contributed by atoms with E-state index in [0.29, 0.717) is 5.57 Å². The minimum Gasteiger partial charge on any atom is -0.465 e. The van der Waals surface area contributed by atoms with Crippen LogP contribution in [0.15, 0.2) is 12.2 Å². The third kappa shape index (κ3) is 31.6. The van der Waals surface area contributed by atoms with Gasteiger partial charge in [-0.05, 0) is 6.92 Å². The topological polar surface area (TPSA) is 106 Å². The molecule has 0 rings (SSSR count). The van der Waals surface area contributed by atoms with Crippen LogP contribution in [-0.4, -0.2) is 17.1 Å². The number of nitrogens with two attached hydrogens (primary N) is 2. The van der Waals surface area contributed by atoms with E-state index in [0.717, 1.165) is 0 Å². The van der Waals surface area contributed by atoms with Gasteiger partial charge in [-0.3, -0.25) is 4.79 Å². The van der Waals surface area contributed by atoms with Crippen LogP contribution in [0.2, 0.25) is 0 Å². The van der Waals surface area contributed by atoms with Gasteiger partial charge in [0.1, 0.15) is 0 Å². The number of carbonyl (C=O) groups is 2.